The molecule has 0 aliphatic heterocycles. The van der Waals surface area contributed by atoms with Crippen molar-refractivity contribution in [2.75, 3.05) is 0 Å². The van der Waals surface area contributed by atoms with Crippen LogP contribution in [-0.4, -0.2) is 15.2 Å². The van der Waals surface area contributed by atoms with Crippen molar-refractivity contribution in [3.63, 3.8) is 0 Å². The van der Waals surface area contributed by atoms with Crippen molar-refractivity contribution in [2.45, 2.75) is 71.6 Å². The van der Waals surface area contributed by atoms with Crippen LogP contribution in [0.2, 0.25) is 0 Å². The standard InChI is InChI=1S/C16H25N3O2/c1-6-14-18-19-16(21-14)12(5)8-7-11(4)15-17-9-13(20-15)10(2)3/h9-12H,6-8H2,1-5H3. The van der Waals surface area contributed by atoms with Crippen molar-refractivity contribution in [1.82, 2.24) is 15.2 Å². The van der Waals surface area contributed by atoms with Crippen LogP contribution < -0.4 is 0 Å². The Balaban J connectivity index is 1.89. The first kappa shape index (κ1) is 15.7. The average molecular weight is 291 g/mol. The Morgan fingerprint density at radius 1 is 0.952 bits per heavy atom. The zero-order valence-corrected chi connectivity index (χ0v) is 13.6. The average Bonchev–Trinajstić information content (AvgIpc) is 3.12. The highest BCUT2D eigenvalue weighted by molar-refractivity contribution is 5.02. The molecule has 5 heteroatoms. The maximum absolute atomic E-state index is 5.80. The van der Waals surface area contributed by atoms with Crippen LogP contribution in [0.4, 0.5) is 0 Å². The van der Waals surface area contributed by atoms with E-state index in [2.05, 4.69) is 42.9 Å². The zero-order chi connectivity index (χ0) is 15.4. The van der Waals surface area contributed by atoms with Crippen molar-refractivity contribution in [3.8, 4) is 0 Å². The molecule has 2 atom stereocenters. The summed E-state index contributed by atoms with van der Waals surface area (Å²) in [6.45, 7) is 10.5. The molecule has 21 heavy (non-hydrogen) atoms. The predicted octanol–water partition coefficient (Wildman–Crippen LogP) is 4.43. The van der Waals surface area contributed by atoms with Gasteiger partial charge in [-0.05, 0) is 12.8 Å². The fourth-order valence-electron chi connectivity index (χ4n) is 2.15. The maximum Gasteiger partial charge on any atom is 0.219 e. The number of hydrogen-bond donors (Lipinski definition) is 0. The van der Waals surface area contributed by atoms with E-state index in [0.29, 0.717) is 17.7 Å². The second-order valence-corrected chi connectivity index (χ2v) is 6.02. The summed E-state index contributed by atoms with van der Waals surface area (Å²) in [5.74, 6) is 4.16. The molecule has 2 aromatic heterocycles. The van der Waals surface area contributed by atoms with Gasteiger partial charge >= 0.3 is 0 Å². The Kier molecular flexibility index (Phi) is 5.15. The van der Waals surface area contributed by atoms with Gasteiger partial charge in [0.1, 0.15) is 5.76 Å². The van der Waals surface area contributed by atoms with Crippen molar-refractivity contribution >= 4 is 0 Å². The number of aryl methyl sites for hydroxylation is 1. The summed E-state index contributed by atoms with van der Waals surface area (Å²) in [5, 5.41) is 8.13. The van der Waals surface area contributed by atoms with Gasteiger partial charge in [-0.1, -0.05) is 34.6 Å². The second-order valence-electron chi connectivity index (χ2n) is 6.02. The SMILES string of the molecule is CCc1nnc(C(C)CCC(C)c2ncc(C(C)C)o2)o1. The van der Waals surface area contributed by atoms with Crippen LogP contribution in [0.3, 0.4) is 0 Å². The van der Waals surface area contributed by atoms with Gasteiger partial charge in [0.15, 0.2) is 5.89 Å². The molecule has 5 nitrogen and oxygen atoms in total. The Morgan fingerprint density at radius 2 is 1.62 bits per heavy atom. The minimum atomic E-state index is 0.264. The van der Waals surface area contributed by atoms with E-state index in [0.717, 1.165) is 36.8 Å². The van der Waals surface area contributed by atoms with Crippen LogP contribution in [0.25, 0.3) is 0 Å². The molecule has 0 bridgehead atoms. The van der Waals surface area contributed by atoms with E-state index in [-0.39, 0.29) is 5.92 Å². The largest absolute Gasteiger partial charge is 0.445 e. The minimum Gasteiger partial charge on any atom is -0.445 e. The van der Waals surface area contributed by atoms with Gasteiger partial charge in [0, 0.05) is 24.2 Å². The summed E-state index contributed by atoms with van der Waals surface area (Å²) in [4.78, 5) is 4.39. The Morgan fingerprint density at radius 3 is 2.14 bits per heavy atom. The van der Waals surface area contributed by atoms with E-state index in [1.807, 2.05) is 13.1 Å². The van der Waals surface area contributed by atoms with Crippen LogP contribution in [0.1, 0.15) is 88.6 Å². The molecule has 0 aliphatic rings. The van der Waals surface area contributed by atoms with Crippen LogP contribution in [0.15, 0.2) is 15.0 Å². The maximum atomic E-state index is 5.80. The van der Waals surface area contributed by atoms with E-state index in [1.165, 1.54) is 0 Å². The highest BCUT2D eigenvalue weighted by atomic mass is 16.4. The molecule has 2 rings (SSSR count). The molecule has 2 heterocycles. The van der Waals surface area contributed by atoms with Crippen LogP contribution in [-0.2, 0) is 6.42 Å². The lowest BCUT2D eigenvalue weighted by Crippen LogP contribution is -1.99. The lowest BCUT2D eigenvalue weighted by Gasteiger charge is -2.10. The van der Waals surface area contributed by atoms with Crippen molar-refractivity contribution in [2.24, 2.45) is 0 Å². The fraction of sp³-hybridized carbons (Fsp3) is 0.688. The third-order valence-electron chi connectivity index (χ3n) is 3.77. The van der Waals surface area contributed by atoms with Gasteiger partial charge in [0.05, 0.1) is 6.20 Å². The van der Waals surface area contributed by atoms with E-state index in [1.54, 1.807) is 0 Å². The van der Waals surface area contributed by atoms with E-state index in [4.69, 9.17) is 8.83 Å². The Labute approximate surface area is 126 Å². The van der Waals surface area contributed by atoms with E-state index < -0.39 is 0 Å². The number of oxazole rings is 1. The summed E-state index contributed by atoms with van der Waals surface area (Å²) >= 11 is 0. The molecule has 0 saturated heterocycles. The first-order valence-corrected chi connectivity index (χ1v) is 7.79. The molecule has 0 spiro atoms. The lowest BCUT2D eigenvalue weighted by molar-refractivity contribution is 0.379. The second kappa shape index (κ2) is 6.87. The highest BCUT2D eigenvalue weighted by Gasteiger charge is 2.18. The van der Waals surface area contributed by atoms with Crippen LogP contribution in [0.5, 0.6) is 0 Å². The van der Waals surface area contributed by atoms with Crippen molar-refractivity contribution in [1.29, 1.82) is 0 Å². The molecule has 0 aliphatic carbocycles. The summed E-state index contributed by atoms with van der Waals surface area (Å²) in [5.41, 5.74) is 0. The molecule has 2 aromatic rings. The lowest BCUT2D eigenvalue weighted by atomic mass is 9.98. The smallest absolute Gasteiger partial charge is 0.219 e. The number of aromatic nitrogens is 3. The van der Waals surface area contributed by atoms with Gasteiger partial charge in [-0.25, -0.2) is 4.98 Å². The number of rotatable bonds is 7. The topological polar surface area (TPSA) is 65.0 Å². The fourth-order valence-corrected chi connectivity index (χ4v) is 2.15. The highest BCUT2D eigenvalue weighted by Crippen LogP contribution is 2.28. The molecule has 0 N–H and O–H groups in total. The van der Waals surface area contributed by atoms with E-state index >= 15 is 0 Å². The number of nitrogens with zero attached hydrogens (tertiary/aromatic N) is 3. The molecule has 0 fully saturated rings. The monoisotopic (exact) mass is 291 g/mol. The summed E-state index contributed by atoms with van der Waals surface area (Å²) in [6.07, 6.45) is 4.59. The van der Waals surface area contributed by atoms with Gasteiger partial charge in [0.2, 0.25) is 11.8 Å². The quantitative estimate of drug-likeness (QED) is 0.755. The first-order valence-electron chi connectivity index (χ1n) is 7.79. The Bertz CT molecular complexity index is 559. The zero-order valence-electron chi connectivity index (χ0n) is 13.6. The Hall–Kier alpha value is -1.65. The van der Waals surface area contributed by atoms with Gasteiger partial charge in [-0.3, -0.25) is 0 Å². The molecule has 2 unspecified atom stereocenters. The number of hydrogen-bond acceptors (Lipinski definition) is 5. The third-order valence-corrected chi connectivity index (χ3v) is 3.77. The van der Waals surface area contributed by atoms with Crippen LogP contribution in [0, 0.1) is 0 Å². The minimum absolute atomic E-state index is 0.264. The summed E-state index contributed by atoms with van der Waals surface area (Å²) in [6, 6.07) is 0. The van der Waals surface area contributed by atoms with E-state index in [9.17, 15) is 0 Å². The van der Waals surface area contributed by atoms with Gasteiger partial charge in [-0.15, -0.1) is 10.2 Å². The molecule has 0 aromatic carbocycles. The molecular weight excluding hydrogens is 266 g/mol. The third kappa shape index (κ3) is 3.93. The molecular formula is C16H25N3O2. The van der Waals surface area contributed by atoms with Crippen molar-refractivity contribution < 1.29 is 8.83 Å². The summed E-state index contributed by atoms with van der Waals surface area (Å²) in [7, 11) is 0. The van der Waals surface area contributed by atoms with Gasteiger partial charge < -0.3 is 8.83 Å². The predicted molar refractivity (Wildman–Crippen MR) is 80.3 cm³/mol. The molecule has 0 radical (unpaired) electrons. The summed E-state index contributed by atoms with van der Waals surface area (Å²) < 4.78 is 11.4. The molecule has 116 valence electrons. The van der Waals surface area contributed by atoms with Crippen molar-refractivity contribution in [3.05, 3.63) is 29.6 Å². The van der Waals surface area contributed by atoms with Gasteiger partial charge in [-0.2, -0.15) is 0 Å². The van der Waals surface area contributed by atoms with Gasteiger partial charge in [0.25, 0.3) is 0 Å². The first-order chi connectivity index (χ1) is 10.0. The van der Waals surface area contributed by atoms with Crippen LogP contribution >= 0.6 is 0 Å². The normalized spacial score (nSPS) is 14.6. The molecule has 0 saturated carbocycles. The molecule has 0 amide bonds.